The van der Waals surface area contributed by atoms with Crippen molar-refractivity contribution in [2.75, 3.05) is 11.9 Å². The van der Waals surface area contributed by atoms with Crippen molar-refractivity contribution in [1.82, 2.24) is 9.88 Å². The zero-order chi connectivity index (χ0) is 19.0. The average molecular weight is 368 g/mol. The van der Waals surface area contributed by atoms with Crippen LogP contribution in [-0.4, -0.2) is 39.6 Å². The molecule has 2 saturated carbocycles. The van der Waals surface area contributed by atoms with E-state index in [1.807, 2.05) is 24.0 Å². The highest BCUT2D eigenvalue weighted by Gasteiger charge is 2.50. The summed E-state index contributed by atoms with van der Waals surface area (Å²) in [5, 5.41) is 2.92. The first kappa shape index (κ1) is 18.1. The SMILES string of the molecule is CCC1=NC2(CCC(C(=O)Nc3cc(C)ccn3)CC2)C(=O)N1CC1CC1. The maximum Gasteiger partial charge on any atom is 0.255 e. The second-order valence-corrected chi connectivity index (χ2v) is 8.25. The van der Waals surface area contributed by atoms with E-state index in [9.17, 15) is 9.59 Å². The van der Waals surface area contributed by atoms with Gasteiger partial charge in [0.1, 0.15) is 17.2 Å². The van der Waals surface area contributed by atoms with Crippen LogP contribution in [0.3, 0.4) is 0 Å². The number of anilines is 1. The van der Waals surface area contributed by atoms with Crippen LogP contribution >= 0.6 is 0 Å². The molecule has 0 bridgehead atoms. The molecule has 0 aromatic carbocycles. The number of aryl methyl sites for hydroxylation is 1. The van der Waals surface area contributed by atoms with Crippen molar-refractivity contribution in [2.24, 2.45) is 16.8 Å². The van der Waals surface area contributed by atoms with Gasteiger partial charge in [-0.15, -0.1) is 0 Å². The van der Waals surface area contributed by atoms with Crippen LogP contribution in [0.5, 0.6) is 0 Å². The smallest absolute Gasteiger partial charge is 0.255 e. The highest BCUT2D eigenvalue weighted by atomic mass is 16.2. The van der Waals surface area contributed by atoms with Crippen LogP contribution in [0, 0.1) is 18.8 Å². The number of amidine groups is 1. The van der Waals surface area contributed by atoms with Crippen molar-refractivity contribution < 1.29 is 9.59 Å². The first-order chi connectivity index (χ1) is 13.0. The van der Waals surface area contributed by atoms with Crippen molar-refractivity contribution in [3.63, 3.8) is 0 Å². The molecule has 1 aliphatic heterocycles. The molecule has 0 unspecified atom stereocenters. The van der Waals surface area contributed by atoms with Crippen molar-refractivity contribution >= 4 is 23.5 Å². The van der Waals surface area contributed by atoms with Crippen LogP contribution in [0.15, 0.2) is 23.3 Å². The Morgan fingerprint density at radius 1 is 1.30 bits per heavy atom. The van der Waals surface area contributed by atoms with E-state index < -0.39 is 5.54 Å². The summed E-state index contributed by atoms with van der Waals surface area (Å²) in [5.74, 6) is 2.29. The molecule has 144 valence electrons. The number of rotatable bonds is 5. The number of carbonyl (C=O) groups excluding carboxylic acids is 2. The Kier molecular flexibility index (Phi) is 4.74. The van der Waals surface area contributed by atoms with E-state index in [0.717, 1.165) is 24.4 Å². The van der Waals surface area contributed by atoms with Gasteiger partial charge in [-0.25, -0.2) is 4.98 Å². The van der Waals surface area contributed by atoms with Gasteiger partial charge in [-0.2, -0.15) is 0 Å². The van der Waals surface area contributed by atoms with Crippen LogP contribution in [0.2, 0.25) is 0 Å². The summed E-state index contributed by atoms with van der Waals surface area (Å²) in [7, 11) is 0. The zero-order valence-electron chi connectivity index (χ0n) is 16.2. The van der Waals surface area contributed by atoms with Gasteiger partial charge in [0.2, 0.25) is 5.91 Å². The lowest BCUT2D eigenvalue weighted by atomic mass is 9.76. The summed E-state index contributed by atoms with van der Waals surface area (Å²) in [4.78, 5) is 36.8. The largest absolute Gasteiger partial charge is 0.310 e. The predicted octanol–water partition coefficient (Wildman–Crippen LogP) is 3.32. The van der Waals surface area contributed by atoms with E-state index in [2.05, 4.69) is 17.2 Å². The van der Waals surface area contributed by atoms with Gasteiger partial charge in [-0.1, -0.05) is 6.92 Å². The molecule has 2 amide bonds. The van der Waals surface area contributed by atoms with Gasteiger partial charge in [0.25, 0.3) is 5.91 Å². The van der Waals surface area contributed by atoms with E-state index in [4.69, 9.17) is 4.99 Å². The van der Waals surface area contributed by atoms with Gasteiger partial charge in [0.05, 0.1) is 0 Å². The monoisotopic (exact) mass is 368 g/mol. The predicted molar refractivity (Wildman–Crippen MR) is 104 cm³/mol. The second kappa shape index (κ2) is 7.06. The van der Waals surface area contributed by atoms with Crippen molar-refractivity contribution in [1.29, 1.82) is 0 Å². The topological polar surface area (TPSA) is 74.7 Å². The summed E-state index contributed by atoms with van der Waals surface area (Å²) in [6.45, 7) is 4.87. The van der Waals surface area contributed by atoms with Gasteiger partial charge in [-0.3, -0.25) is 19.5 Å². The minimum Gasteiger partial charge on any atom is -0.310 e. The van der Waals surface area contributed by atoms with Crippen molar-refractivity contribution in [2.45, 2.75) is 64.3 Å². The van der Waals surface area contributed by atoms with Crippen LogP contribution < -0.4 is 5.32 Å². The van der Waals surface area contributed by atoms with Gasteiger partial charge < -0.3 is 5.32 Å². The standard InChI is InChI=1S/C21H28N4O2/c1-3-18-24-21(20(27)25(18)13-15-4-5-15)9-6-16(7-10-21)19(26)23-17-12-14(2)8-11-22-17/h8,11-12,15-16H,3-7,9-10,13H2,1-2H3,(H,22,23,26). The van der Waals surface area contributed by atoms with Gasteiger partial charge in [-0.05, 0) is 69.1 Å². The molecule has 4 rings (SSSR count). The highest BCUT2D eigenvalue weighted by molar-refractivity contribution is 6.08. The number of nitrogens with zero attached hydrogens (tertiary/aromatic N) is 3. The summed E-state index contributed by atoms with van der Waals surface area (Å²) < 4.78 is 0. The number of hydrogen-bond acceptors (Lipinski definition) is 4. The quantitative estimate of drug-likeness (QED) is 0.866. The molecule has 1 N–H and O–H groups in total. The molecule has 1 aromatic heterocycles. The van der Waals surface area contributed by atoms with E-state index in [1.165, 1.54) is 12.8 Å². The molecular formula is C21H28N4O2. The summed E-state index contributed by atoms with van der Waals surface area (Å²) in [6.07, 6.45) is 7.66. The van der Waals surface area contributed by atoms with E-state index in [0.29, 0.717) is 37.4 Å². The maximum atomic E-state index is 13.1. The fraction of sp³-hybridized carbons (Fsp3) is 0.619. The number of nitrogens with one attached hydrogen (secondary N) is 1. The second-order valence-electron chi connectivity index (χ2n) is 8.25. The molecule has 0 radical (unpaired) electrons. The molecule has 2 fully saturated rings. The lowest BCUT2D eigenvalue weighted by Gasteiger charge is -2.33. The first-order valence-corrected chi connectivity index (χ1v) is 10.1. The van der Waals surface area contributed by atoms with Crippen LogP contribution in [-0.2, 0) is 9.59 Å². The number of hydrogen-bond donors (Lipinski definition) is 1. The normalized spacial score (nSPS) is 27.8. The fourth-order valence-electron chi connectivity index (χ4n) is 4.26. The number of pyridine rings is 1. The molecule has 6 nitrogen and oxygen atoms in total. The highest BCUT2D eigenvalue weighted by Crippen LogP contribution is 2.42. The third kappa shape index (κ3) is 3.62. The number of carbonyl (C=O) groups is 2. The summed E-state index contributed by atoms with van der Waals surface area (Å²) in [6, 6.07) is 3.78. The Balaban J connectivity index is 1.39. The third-order valence-electron chi connectivity index (χ3n) is 6.10. The van der Waals surface area contributed by atoms with Crippen LogP contribution in [0.1, 0.15) is 57.4 Å². The third-order valence-corrected chi connectivity index (χ3v) is 6.10. The minimum atomic E-state index is -0.613. The average Bonchev–Trinajstić information content (AvgIpc) is 3.44. The lowest BCUT2D eigenvalue weighted by Crippen LogP contribution is -2.46. The van der Waals surface area contributed by atoms with Gasteiger partial charge in [0.15, 0.2) is 0 Å². The Morgan fingerprint density at radius 3 is 2.67 bits per heavy atom. The number of aliphatic imine (C=N–C) groups is 1. The molecule has 1 spiro atoms. The Hall–Kier alpha value is -2.24. The van der Waals surface area contributed by atoms with E-state index >= 15 is 0 Å². The Bertz CT molecular complexity index is 776. The molecule has 3 aliphatic rings. The molecule has 27 heavy (non-hydrogen) atoms. The number of amides is 2. The number of aromatic nitrogens is 1. The van der Waals surface area contributed by atoms with Gasteiger partial charge in [0, 0.05) is 25.1 Å². The summed E-state index contributed by atoms with van der Waals surface area (Å²) >= 11 is 0. The van der Waals surface area contributed by atoms with Crippen molar-refractivity contribution in [3.05, 3.63) is 23.9 Å². The van der Waals surface area contributed by atoms with Crippen LogP contribution in [0.4, 0.5) is 5.82 Å². The van der Waals surface area contributed by atoms with Crippen molar-refractivity contribution in [3.8, 4) is 0 Å². The molecule has 2 heterocycles. The fourth-order valence-corrected chi connectivity index (χ4v) is 4.26. The molecular weight excluding hydrogens is 340 g/mol. The van der Waals surface area contributed by atoms with E-state index in [1.54, 1.807) is 6.20 Å². The van der Waals surface area contributed by atoms with E-state index in [-0.39, 0.29) is 17.7 Å². The lowest BCUT2D eigenvalue weighted by molar-refractivity contribution is -0.134. The van der Waals surface area contributed by atoms with Gasteiger partial charge >= 0.3 is 0 Å². The Morgan fingerprint density at radius 2 is 2.04 bits per heavy atom. The molecule has 6 heteroatoms. The first-order valence-electron chi connectivity index (χ1n) is 10.1. The molecule has 0 saturated heterocycles. The Labute approximate surface area is 160 Å². The zero-order valence-corrected chi connectivity index (χ0v) is 16.2. The minimum absolute atomic E-state index is 0.00271. The molecule has 1 aromatic rings. The van der Waals surface area contributed by atoms with Crippen LogP contribution in [0.25, 0.3) is 0 Å². The molecule has 2 aliphatic carbocycles. The maximum absolute atomic E-state index is 13.1. The molecule has 0 atom stereocenters. The summed E-state index contributed by atoms with van der Waals surface area (Å²) in [5.41, 5.74) is 0.454.